The van der Waals surface area contributed by atoms with Crippen LogP contribution in [0.15, 0.2) is 0 Å². The van der Waals surface area contributed by atoms with Gasteiger partial charge in [-0.1, -0.05) is 27.7 Å². The number of hydrogen-bond donors (Lipinski definition) is 0. The highest BCUT2D eigenvalue weighted by molar-refractivity contribution is 4.98. The van der Waals surface area contributed by atoms with E-state index in [2.05, 4.69) is 32.6 Å². The van der Waals surface area contributed by atoms with Gasteiger partial charge in [0.25, 0.3) is 0 Å². The summed E-state index contributed by atoms with van der Waals surface area (Å²) < 4.78 is 0. The summed E-state index contributed by atoms with van der Waals surface area (Å²) >= 11 is 0. The first kappa shape index (κ1) is 10.5. The van der Waals surface area contributed by atoms with Gasteiger partial charge < -0.3 is 0 Å². The first-order valence-electron chi connectivity index (χ1n) is 6.32. The molecule has 3 atom stereocenters. The van der Waals surface area contributed by atoms with Crippen LogP contribution in [0.3, 0.4) is 0 Å². The van der Waals surface area contributed by atoms with Crippen molar-refractivity contribution in [3.05, 3.63) is 0 Å². The van der Waals surface area contributed by atoms with Gasteiger partial charge in [0.2, 0.25) is 0 Å². The van der Waals surface area contributed by atoms with Gasteiger partial charge >= 0.3 is 0 Å². The number of likely N-dealkylation sites (tertiary alicyclic amines) is 1. The lowest BCUT2D eigenvalue weighted by atomic mass is 9.85. The highest BCUT2D eigenvalue weighted by Crippen LogP contribution is 2.45. The van der Waals surface area contributed by atoms with E-state index in [0.717, 1.165) is 29.7 Å². The van der Waals surface area contributed by atoms with Gasteiger partial charge in [-0.3, -0.25) is 4.90 Å². The molecule has 1 aliphatic heterocycles. The summed E-state index contributed by atoms with van der Waals surface area (Å²) in [5.41, 5.74) is 0. The minimum absolute atomic E-state index is 0.840. The topological polar surface area (TPSA) is 3.24 Å². The Labute approximate surface area is 88.9 Å². The van der Waals surface area contributed by atoms with Crippen LogP contribution in [0.5, 0.6) is 0 Å². The molecule has 0 aromatic heterocycles. The quantitative estimate of drug-likeness (QED) is 0.669. The van der Waals surface area contributed by atoms with Gasteiger partial charge in [-0.25, -0.2) is 0 Å². The van der Waals surface area contributed by atoms with Crippen molar-refractivity contribution in [3.63, 3.8) is 0 Å². The fourth-order valence-corrected chi connectivity index (χ4v) is 3.59. The molecule has 1 aliphatic carbocycles. The zero-order chi connectivity index (χ0) is 10.3. The highest BCUT2D eigenvalue weighted by atomic mass is 15.2. The van der Waals surface area contributed by atoms with Crippen LogP contribution in [-0.2, 0) is 0 Å². The van der Waals surface area contributed by atoms with E-state index in [1.54, 1.807) is 0 Å². The number of rotatable bonds is 3. The van der Waals surface area contributed by atoms with E-state index in [1.165, 1.54) is 25.9 Å². The minimum atomic E-state index is 0.840. The third-order valence-electron chi connectivity index (χ3n) is 4.17. The zero-order valence-corrected chi connectivity index (χ0v) is 10.2. The van der Waals surface area contributed by atoms with Gasteiger partial charge in [0.05, 0.1) is 0 Å². The average Bonchev–Trinajstić information content (AvgIpc) is 2.60. The smallest absolute Gasteiger partial charge is 0.0102 e. The molecule has 1 nitrogen and oxygen atoms in total. The lowest BCUT2D eigenvalue weighted by Gasteiger charge is -2.34. The maximum Gasteiger partial charge on any atom is 0.0102 e. The van der Waals surface area contributed by atoms with Crippen molar-refractivity contribution in [2.45, 2.75) is 46.6 Å². The van der Waals surface area contributed by atoms with E-state index in [4.69, 9.17) is 0 Å². The van der Waals surface area contributed by atoms with E-state index in [9.17, 15) is 0 Å². The molecule has 0 radical (unpaired) electrons. The Bertz CT molecular complexity index is 197. The summed E-state index contributed by atoms with van der Waals surface area (Å²) in [6, 6.07) is 0.940. The largest absolute Gasteiger partial charge is 0.300 e. The predicted octanol–water partition coefficient (Wildman–Crippen LogP) is 3.01. The van der Waals surface area contributed by atoms with E-state index in [0.29, 0.717) is 0 Å². The summed E-state index contributed by atoms with van der Waals surface area (Å²) in [6.07, 6.45) is 2.98. The molecular formula is C13H25N. The third-order valence-corrected chi connectivity index (χ3v) is 4.17. The van der Waals surface area contributed by atoms with Crippen molar-refractivity contribution >= 4 is 0 Å². The van der Waals surface area contributed by atoms with Crippen LogP contribution in [0.4, 0.5) is 0 Å². The summed E-state index contributed by atoms with van der Waals surface area (Å²) in [4.78, 5) is 2.74. The zero-order valence-electron chi connectivity index (χ0n) is 10.2. The molecule has 2 bridgehead atoms. The van der Waals surface area contributed by atoms with Gasteiger partial charge in [0.15, 0.2) is 0 Å². The molecule has 14 heavy (non-hydrogen) atoms. The van der Waals surface area contributed by atoms with Crippen LogP contribution in [0.1, 0.15) is 40.5 Å². The second-order valence-corrected chi connectivity index (χ2v) is 6.14. The van der Waals surface area contributed by atoms with Crippen molar-refractivity contribution in [2.75, 3.05) is 13.1 Å². The van der Waals surface area contributed by atoms with Gasteiger partial charge in [0, 0.05) is 19.1 Å². The van der Waals surface area contributed by atoms with Crippen molar-refractivity contribution in [1.82, 2.24) is 4.90 Å². The first-order valence-corrected chi connectivity index (χ1v) is 6.32. The molecule has 0 aromatic rings. The van der Waals surface area contributed by atoms with Crippen LogP contribution in [0.2, 0.25) is 0 Å². The Balaban J connectivity index is 1.90. The summed E-state index contributed by atoms with van der Waals surface area (Å²) in [5.74, 6) is 3.81. The number of fused-ring (bicyclic) bond motifs is 2. The maximum atomic E-state index is 2.74. The third kappa shape index (κ3) is 1.84. The van der Waals surface area contributed by atoms with Crippen molar-refractivity contribution in [3.8, 4) is 0 Å². The molecular weight excluding hydrogens is 170 g/mol. The molecule has 1 heteroatoms. The van der Waals surface area contributed by atoms with Crippen LogP contribution in [0, 0.1) is 23.7 Å². The number of nitrogens with zero attached hydrogens (tertiary/aromatic N) is 1. The lowest BCUT2D eigenvalue weighted by Crippen LogP contribution is -2.38. The Morgan fingerprint density at radius 2 is 1.86 bits per heavy atom. The van der Waals surface area contributed by atoms with E-state index >= 15 is 0 Å². The molecule has 1 saturated carbocycles. The molecule has 1 saturated heterocycles. The van der Waals surface area contributed by atoms with Crippen LogP contribution in [0.25, 0.3) is 0 Å². The molecule has 0 N–H and O–H groups in total. The molecule has 82 valence electrons. The molecule has 0 aromatic carbocycles. The molecule has 1 heterocycles. The van der Waals surface area contributed by atoms with Gasteiger partial charge in [-0.05, 0) is 36.5 Å². The molecule has 2 aliphatic rings. The van der Waals surface area contributed by atoms with Crippen molar-refractivity contribution in [2.24, 2.45) is 23.7 Å². The lowest BCUT2D eigenvalue weighted by molar-refractivity contribution is 0.136. The monoisotopic (exact) mass is 195 g/mol. The van der Waals surface area contributed by atoms with Gasteiger partial charge in [-0.2, -0.15) is 0 Å². The van der Waals surface area contributed by atoms with Crippen LogP contribution >= 0.6 is 0 Å². The summed E-state index contributed by atoms with van der Waals surface area (Å²) in [6.45, 7) is 12.2. The summed E-state index contributed by atoms with van der Waals surface area (Å²) in [5, 5.41) is 0. The Morgan fingerprint density at radius 1 is 1.14 bits per heavy atom. The summed E-state index contributed by atoms with van der Waals surface area (Å²) in [7, 11) is 0. The predicted molar refractivity (Wildman–Crippen MR) is 61.3 cm³/mol. The Hall–Kier alpha value is -0.0400. The van der Waals surface area contributed by atoms with Crippen molar-refractivity contribution < 1.29 is 0 Å². The molecule has 0 spiro atoms. The number of hydrogen-bond acceptors (Lipinski definition) is 1. The van der Waals surface area contributed by atoms with Crippen LogP contribution < -0.4 is 0 Å². The van der Waals surface area contributed by atoms with Crippen LogP contribution in [-0.4, -0.2) is 24.0 Å². The Morgan fingerprint density at radius 3 is 2.29 bits per heavy atom. The molecule has 3 unspecified atom stereocenters. The second-order valence-electron chi connectivity index (χ2n) is 6.14. The minimum Gasteiger partial charge on any atom is -0.300 e. The first-order chi connectivity index (χ1) is 6.58. The molecule has 2 rings (SSSR count). The molecule has 0 amide bonds. The fourth-order valence-electron chi connectivity index (χ4n) is 3.59. The van der Waals surface area contributed by atoms with Crippen molar-refractivity contribution in [1.29, 1.82) is 0 Å². The second kappa shape index (κ2) is 3.84. The Kier molecular flexibility index (Phi) is 2.88. The molecule has 2 fully saturated rings. The number of piperidine rings is 1. The maximum absolute atomic E-state index is 2.74. The van der Waals surface area contributed by atoms with Gasteiger partial charge in [-0.15, -0.1) is 0 Å². The van der Waals surface area contributed by atoms with Gasteiger partial charge in [0.1, 0.15) is 0 Å². The van der Waals surface area contributed by atoms with E-state index in [1.807, 2.05) is 0 Å². The fraction of sp³-hybridized carbons (Fsp3) is 1.00. The van der Waals surface area contributed by atoms with E-state index in [-0.39, 0.29) is 0 Å². The highest BCUT2D eigenvalue weighted by Gasteiger charge is 2.45. The normalized spacial score (nSPS) is 37.7. The standard InChI is InChI=1S/C13H25N/c1-9(2)7-14-8-11-5-12(14)6-13(11)10(3)4/h9-13H,5-8H2,1-4H3. The average molecular weight is 195 g/mol. The van der Waals surface area contributed by atoms with E-state index < -0.39 is 0 Å². The SMILES string of the molecule is CC(C)CN1CC2CC1CC2C(C)C.